The highest BCUT2D eigenvalue weighted by Gasteiger charge is 2.18. The molecule has 23 heavy (non-hydrogen) atoms. The Bertz CT molecular complexity index is 665. The van der Waals surface area contributed by atoms with Crippen LogP contribution in [0.4, 0.5) is 0 Å². The smallest absolute Gasteiger partial charge is 0.227 e. The van der Waals surface area contributed by atoms with Crippen LogP contribution in [0.1, 0.15) is 14.5 Å². The zero-order valence-corrected chi connectivity index (χ0v) is 14.0. The van der Waals surface area contributed by atoms with E-state index in [2.05, 4.69) is 15.2 Å². The van der Waals surface area contributed by atoms with Gasteiger partial charge in [0.2, 0.25) is 5.91 Å². The van der Waals surface area contributed by atoms with E-state index in [1.165, 1.54) is 29.4 Å². The molecular weight excluding hydrogens is 336 g/mol. The Labute approximate surface area is 141 Å². The van der Waals surface area contributed by atoms with E-state index < -0.39 is 0 Å². The summed E-state index contributed by atoms with van der Waals surface area (Å²) in [6.45, 7) is 2.48. The van der Waals surface area contributed by atoms with E-state index in [-0.39, 0.29) is 11.7 Å². The fourth-order valence-corrected chi connectivity index (χ4v) is 3.86. The lowest BCUT2D eigenvalue weighted by Gasteiger charge is -2.26. The number of ether oxygens (including phenoxy) is 1. The third-order valence-electron chi connectivity index (χ3n) is 3.36. The van der Waals surface area contributed by atoms with Crippen molar-refractivity contribution in [3.63, 3.8) is 0 Å². The predicted octanol–water partition coefficient (Wildman–Crippen LogP) is 1.24. The lowest BCUT2D eigenvalue weighted by molar-refractivity contribution is -0.134. The standard InChI is InChI=1S/C14H16N4O3S2/c19-11(8-22-14-15-9-16-17-14)12-2-1-10(23-12)7-13(20)18-3-5-21-6-4-18/h1-2,9H,3-8H2,(H,15,16,17). The Morgan fingerprint density at radius 1 is 1.35 bits per heavy atom. The van der Waals surface area contributed by atoms with Crippen molar-refractivity contribution in [3.05, 3.63) is 28.2 Å². The fourth-order valence-electron chi connectivity index (χ4n) is 2.17. The number of thiophene rings is 1. The maximum Gasteiger partial charge on any atom is 0.227 e. The molecule has 0 bridgehead atoms. The van der Waals surface area contributed by atoms with Crippen LogP contribution in [0.15, 0.2) is 23.6 Å². The number of amides is 1. The molecule has 122 valence electrons. The molecule has 1 aliphatic heterocycles. The zero-order valence-electron chi connectivity index (χ0n) is 12.4. The van der Waals surface area contributed by atoms with Crippen LogP contribution in [0.3, 0.4) is 0 Å². The maximum absolute atomic E-state index is 12.2. The summed E-state index contributed by atoms with van der Waals surface area (Å²) in [7, 11) is 0. The molecule has 0 atom stereocenters. The molecule has 7 nitrogen and oxygen atoms in total. The van der Waals surface area contributed by atoms with Gasteiger partial charge in [-0.25, -0.2) is 4.98 Å². The van der Waals surface area contributed by atoms with Crippen molar-refractivity contribution in [3.8, 4) is 0 Å². The summed E-state index contributed by atoms with van der Waals surface area (Å²) >= 11 is 2.70. The molecule has 3 heterocycles. The lowest BCUT2D eigenvalue weighted by atomic mass is 10.3. The van der Waals surface area contributed by atoms with Gasteiger partial charge in [0.1, 0.15) is 6.33 Å². The highest BCUT2D eigenvalue weighted by molar-refractivity contribution is 7.99. The van der Waals surface area contributed by atoms with Gasteiger partial charge in [-0.15, -0.1) is 11.3 Å². The van der Waals surface area contributed by atoms with Crippen LogP contribution >= 0.6 is 23.1 Å². The number of H-pyrrole nitrogens is 1. The molecule has 2 aromatic heterocycles. The van der Waals surface area contributed by atoms with Crippen LogP contribution in [0.25, 0.3) is 0 Å². The van der Waals surface area contributed by atoms with Crippen LogP contribution in [-0.2, 0) is 16.0 Å². The van der Waals surface area contributed by atoms with Gasteiger partial charge in [0.15, 0.2) is 10.9 Å². The Kier molecular flexibility index (Phi) is 5.42. The van der Waals surface area contributed by atoms with Gasteiger partial charge in [-0.05, 0) is 12.1 Å². The predicted molar refractivity (Wildman–Crippen MR) is 86.9 cm³/mol. The Morgan fingerprint density at radius 3 is 2.91 bits per heavy atom. The molecule has 0 radical (unpaired) electrons. The van der Waals surface area contributed by atoms with Crippen molar-refractivity contribution in [2.45, 2.75) is 11.6 Å². The second kappa shape index (κ2) is 7.71. The molecule has 0 spiro atoms. The van der Waals surface area contributed by atoms with E-state index in [0.717, 1.165) is 4.88 Å². The average molecular weight is 352 g/mol. The third kappa shape index (κ3) is 4.40. The second-order valence-electron chi connectivity index (χ2n) is 4.94. The molecule has 1 aliphatic rings. The summed E-state index contributed by atoms with van der Waals surface area (Å²) < 4.78 is 5.24. The first kappa shape index (κ1) is 16.2. The number of ketones is 1. The van der Waals surface area contributed by atoms with Gasteiger partial charge in [-0.3, -0.25) is 14.7 Å². The summed E-state index contributed by atoms with van der Waals surface area (Å²) in [6.07, 6.45) is 1.75. The monoisotopic (exact) mass is 352 g/mol. The van der Waals surface area contributed by atoms with Crippen LogP contribution in [-0.4, -0.2) is 63.8 Å². The number of nitrogens with zero attached hydrogens (tertiary/aromatic N) is 3. The molecule has 2 aromatic rings. The fraction of sp³-hybridized carbons (Fsp3) is 0.429. The van der Waals surface area contributed by atoms with Gasteiger partial charge in [0, 0.05) is 18.0 Å². The first-order valence-corrected chi connectivity index (χ1v) is 8.98. The van der Waals surface area contributed by atoms with Gasteiger partial charge >= 0.3 is 0 Å². The number of Topliss-reactive ketones (excluding diaryl/α,β-unsaturated/α-hetero) is 1. The van der Waals surface area contributed by atoms with Crippen molar-refractivity contribution in [1.82, 2.24) is 20.1 Å². The first-order valence-electron chi connectivity index (χ1n) is 7.18. The highest BCUT2D eigenvalue weighted by Crippen LogP contribution is 2.21. The number of carbonyl (C=O) groups excluding carboxylic acids is 2. The molecule has 0 saturated carbocycles. The third-order valence-corrected chi connectivity index (χ3v) is 5.36. The summed E-state index contributed by atoms with van der Waals surface area (Å²) in [6, 6.07) is 3.64. The number of aromatic amines is 1. The van der Waals surface area contributed by atoms with Gasteiger partial charge < -0.3 is 9.64 Å². The first-order chi connectivity index (χ1) is 11.2. The van der Waals surface area contributed by atoms with E-state index in [9.17, 15) is 9.59 Å². The van der Waals surface area contributed by atoms with E-state index in [4.69, 9.17) is 4.74 Å². The molecule has 1 fully saturated rings. The van der Waals surface area contributed by atoms with E-state index >= 15 is 0 Å². The summed E-state index contributed by atoms with van der Waals surface area (Å²) in [5.41, 5.74) is 0. The Morgan fingerprint density at radius 2 is 2.17 bits per heavy atom. The minimum atomic E-state index is 0.0291. The number of aromatic nitrogens is 3. The molecule has 1 amide bonds. The SMILES string of the molecule is O=C(CSc1ncn[nH]1)c1ccc(CC(=O)N2CCOCC2)s1. The van der Waals surface area contributed by atoms with Gasteiger partial charge in [-0.1, -0.05) is 11.8 Å². The molecule has 1 N–H and O–H groups in total. The number of nitrogens with one attached hydrogen (secondary N) is 1. The summed E-state index contributed by atoms with van der Waals surface area (Å²) in [5.74, 6) is 0.415. The van der Waals surface area contributed by atoms with E-state index in [0.29, 0.717) is 48.5 Å². The largest absolute Gasteiger partial charge is 0.378 e. The molecule has 0 aromatic carbocycles. The number of hydrogen-bond acceptors (Lipinski definition) is 7. The van der Waals surface area contributed by atoms with Crippen molar-refractivity contribution in [1.29, 1.82) is 0 Å². The lowest BCUT2D eigenvalue weighted by Crippen LogP contribution is -2.41. The highest BCUT2D eigenvalue weighted by atomic mass is 32.2. The van der Waals surface area contributed by atoms with Crippen LogP contribution < -0.4 is 0 Å². The number of carbonyl (C=O) groups is 2. The molecule has 1 saturated heterocycles. The Hall–Kier alpha value is -1.71. The number of morpholine rings is 1. The Balaban J connectivity index is 1.52. The average Bonchev–Trinajstić information content (AvgIpc) is 3.25. The minimum absolute atomic E-state index is 0.0291. The van der Waals surface area contributed by atoms with E-state index in [1.807, 2.05) is 11.0 Å². The number of hydrogen-bond donors (Lipinski definition) is 1. The molecular formula is C14H16N4O3S2. The summed E-state index contributed by atoms with van der Waals surface area (Å²) in [5, 5.41) is 7.06. The normalized spacial score (nSPS) is 14.9. The second-order valence-corrected chi connectivity index (χ2v) is 7.07. The van der Waals surface area contributed by atoms with Gasteiger partial charge in [0.25, 0.3) is 0 Å². The van der Waals surface area contributed by atoms with Crippen molar-refractivity contribution in [2.75, 3.05) is 32.1 Å². The van der Waals surface area contributed by atoms with Crippen molar-refractivity contribution >= 4 is 34.8 Å². The topological polar surface area (TPSA) is 88.2 Å². The minimum Gasteiger partial charge on any atom is -0.378 e. The molecule has 0 aliphatic carbocycles. The molecule has 9 heteroatoms. The number of rotatable bonds is 6. The quantitative estimate of drug-likeness (QED) is 0.622. The summed E-state index contributed by atoms with van der Waals surface area (Å²) in [4.78, 5) is 31.7. The van der Waals surface area contributed by atoms with Crippen LogP contribution in [0.5, 0.6) is 0 Å². The zero-order chi connectivity index (χ0) is 16.1. The van der Waals surface area contributed by atoms with Crippen LogP contribution in [0.2, 0.25) is 0 Å². The van der Waals surface area contributed by atoms with Crippen LogP contribution in [0, 0.1) is 0 Å². The van der Waals surface area contributed by atoms with Gasteiger partial charge in [-0.2, -0.15) is 5.10 Å². The van der Waals surface area contributed by atoms with Crippen molar-refractivity contribution < 1.29 is 14.3 Å². The van der Waals surface area contributed by atoms with Gasteiger partial charge in [0.05, 0.1) is 30.3 Å². The number of thioether (sulfide) groups is 1. The van der Waals surface area contributed by atoms with E-state index in [1.54, 1.807) is 6.07 Å². The van der Waals surface area contributed by atoms with Crippen molar-refractivity contribution in [2.24, 2.45) is 0 Å². The maximum atomic E-state index is 12.2. The molecule has 0 unspecified atom stereocenters. The molecule has 3 rings (SSSR count).